The predicted octanol–water partition coefficient (Wildman–Crippen LogP) is 3.92. The maximum atomic E-state index is 12.3. The van der Waals surface area contributed by atoms with Gasteiger partial charge in [-0.15, -0.1) is 0 Å². The molecule has 0 aliphatic carbocycles. The number of rotatable bonds is 9. The molecule has 0 saturated heterocycles. The van der Waals surface area contributed by atoms with Crippen LogP contribution in [0.3, 0.4) is 0 Å². The molecule has 8 nitrogen and oxygen atoms in total. The third kappa shape index (κ3) is 5.25. The largest absolute Gasteiger partial charge is 0.508 e. The van der Waals surface area contributed by atoms with E-state index in [0.717, 1.165) is 18.4 Å². The number of benzene rings is 1. The quantitative estimate of drug-likeness (QED) is 0.504. The first kappa shape index (κ1) is 20.2. The molecule has 1 amide bonds. The van der Waals surface area contributed by atoms with Gasteiger partial charge in [-0.3, -0.25) is 4.79 Å². The number of aromatic nitrogens is 2. The zero-order valence-electron chi connectivity index (χ0n) is 16.1. The Kier molecular flexibility index (Phi) is 6.33. The molecule has 0 unspecified atom stereocenters. The molecule has 0 aliphatic heterocycles. The number of hydrogen-bond acceptors (Lipinski definition) is 5. The summed E-state index contributed by atoms with van der Waals surface area (Å²) in [7, 11) is 0. The summed E-state index contributed by atoms with van der Waals surface area (Å²) in [4.78, 5) is 23.7. The first-order valence-corrected chi connectivity index (χ1v) is 9.44. The highest BCUT2D eigenvalue weighted by Gasteiger charge is 2.16. The lowest BCUT2D eigenvalue weighted by Gasteiger charge is -2.03. The molecule has 1 aromatic carbocycles. The van der Waals surface area contributed by atoms with Crippen molar-refractivity contribution in [1.29, 1.82) is 0 Å². The zero-order valence-corrected chi connectivity index (χ0v) is 16.1. The monoisotopic (exact) mass is 397 g/mol. The molecule has 3 N–H and O–H groups in total. The van der Waals surface area contributed by atoms with Crippen molar-refractivity contribution >= 4 is 17.6 Å². The Morgan fingerprint density at radius 2 is 1.97 bits per heavy atom. The van der Waals surface area contributed by atoms with Crippen molar-refractivity contribution < 1.29 is 24.3 Å². The molecule has 8 heteroatoms. The summed E-state index contributed by atoms with van der Waals surface area (Å²) in [5, 5.41) is 25.3. The van der Waals surface area contributed by atoms with Crippen LogP contribution in [-0.4, -0.2) is 31.8 Å². The fourth-order valence-electron chi connectivity index (χ4n) is 2.90. The van der Waals surface area contributed by atoms with Gasteiger partial charge in [0.25, 0.3) is 0 Å². The Balaban J connectivity index is 1.59. The van der Waals surface area contributed by atoms with Gasteiger partial charge in [-0.25, -0.2) is 4.79 Å². The second kappa shape index (κ2) is 9.09. The van der Waals surface area contributed by atoms with Crippen molar-refractivity contribution in [1.82, 2.24) is 9.72 Å². The van der Waals surface area contributed by atoms with Gasteiger partial charge < -0.3 is 24.6 Å². The maximum absolute atomic E-state index is 12.3. The number of nitrogens with zero attached hydrogens (tertiary/aromatic N) is 2. The highest BCUT2D eigenvalue weighted by atomic mass is 16.5. The lowest BCUT2D eigenvalue weighted by atomic mass is 10.1. The van der Waals surface area contributed by atoms with Gasteiger partial charge in [0.1, 0.15) is 22.8 Å². The van der Waals surface area contributed by atoms with Crippen molar-refractivity contribution in [3.8, 4) is 17.0 Å². The number of aromatic carboxylic acids is 1. The van der Waals surface area contributed by atoms with Crippen LogP contribution in [0, 0.1) is 0 Å². The fourth-order valence-corrected chi connectivity index (χ4v) is 2.90. The number of hydrogen-bond donors (Lipinski definition) is 3. The summed E-state index contributed by atoms with van der Waals surface area (Å²) in [6.45, 7) is 2.76. The summed E-state index contributed by atoms with van der Waals surface area (Å²) in [6, 6.07) is 8.30. The highest BCUT2D eigenvalue weighted by Crippen LogP contribution is 2.22. The lowest BCUT2D eigenvalue weighted by molar-refractivity contribution is -0.116. The van der Waals surface area contributed by atoms with Crippen LogP contribution in [0.5, 0.6) is 5.75 Å². The number of amides is 1. The zero-order chi connectivity index (χ0) is 20.8. The highest BCUT2D eigenvalue weighted by molar-refractivity contribution is 6.00. The number of unbranched alkanes of at least 4 members (excludes halogenated alkanes) is 1. The molecule has 0 saturated carbocycles. The summed E-state index contributed by atoms with van der Waals surface area (Å²) >= 11 is 0. The summed E-state index contributed by atoms with van der Waals surface area (Å²) in [6.07, 6.45) is 5.56. The van der Waals surface area contributed by atoms with E-state index in [4.69, 9.17) is 4.52 Å². The van der Waals surface area contributed by atoms with Crippen LogP contribution in [0.2, 0.25) is 0 Å². The van der Waals surface area contributed by atoms with E-state index in [1.165, 1.54) is 6.20 Å². The average Bonchev–Trinajstić information content (AvgIpc) is 3.32. The third-order valence-corrected chi connectivity index (χ3v) is 4.47. The first-order chi connectivity index (χ1) is 14.0. The molecule has 3 rings (SSSR count). The van der Waals surface area contributed by atoms with Crippen LogP contribution in [0.1, 0.15) is 42.3 Å². The molecular weight excluding hydrogens is 374 g/mol. The van der Waals surface area contributed by atoms with Crippen LogP contribution in [0.25, 0.3) is 11.3 Å². The van der Waals surface area contributed by atoms with E-state index in [2.05, 4.69) is 17.4 Å². The van der Waals surface area contributed by atoms with E-state index in [1.807, 2.05) is 0 Å². The minimum Gasteiger partial charge on any atom is -0.508 e. The number of nitrogens with one attached hydrogen (secondary N) is 1. The SMILES string of the molecule is CCCCn1cc(NC(=O)CCc2cc(-c3ccc(O)cc3)no2)c(C(=O)O)c1. The maximum Gasteiger partial charge on any atom is 0.339 e. The molecule has 0 atom stereocenters. The van der Waals surface area contributed by atoms with Crippen LogP contribution < -0.4 is 5.32 Å². The van der Waals surface area contributed by atoms with Gasteiger partial charge >= 0.3 is 5.97 Å². The Morgan fingerprint density at radius 1 is 1.21 bits per heavy atom. The normalized spacial score (nSPS) is 10.8. The molecule has 29 heavy (non-hydrogen) atoms. The van der Waals surface area contributed by atoms with E-state index in [0.29, 0.717) is 30.1 Å². The molecule has 3 aromatic rings. The Labute approximate surface area is 167 Å². The van der Waals surface area contributed by atoms with Crippen molar-refractivity contribution in [2.75, 3.05) is 5.32 Å². The van der Waals surface area contributed by atoms with Crippen LogP contribution in [0.4, 0.5) is 5.69 Å². The number of phenolic OH excluding ortho intramolecular Hbond substituents is 1. The number of aryl methyl sites for hydroxylation is 2. The number of carbonyl (C=O) groups excluding carboxylic acids is 1. The Morgan fingerprint density at radius 3 is 2.66 bits per heavy atom. The topological polar surface area (TPSA) is 118 Å². The van der Waals surface area contributed by atoms with E-state index >= 15 is 0 Å². The summed E-state index contributed by atoms with van der Waals surface area (Å²) < 4.78 is 7.05. The number of anilines is 1. The molecule has 2 heterocycles. The minimum atomic E-state index is -1.08. The number of carboxylic acid groups (broad SMARTS) is 1. The number of phenols is 1. The molecule has 0 fully saturated rings. The van der Waals surface area contributed by atoms with Gasteiger partial charge in [0, 0.05) is 43.4 Å². The van der Waals surface area contributed by atoms with Crippen molar-refractivity contribution in [3.63, 3.8) is 0 Å². The van der Waals surface area contributed by atoms with E-state index in [-0.39, 0.29) is 23.6 Å². The molecule has 0 radical (unpaired) electrons. The van der Waals surface area contributed by atoms with Gasteiger partial charge in [0.2, 0.25) is 5.91 Å². The number of carbonyl (C=O) groups is 2. The van der Waals surface area contributed by atoms with Gasteiger partial charge in [-0.2, -0.15) is 0 Å². The van der Waals surface area contributed by atoms with Crippen molar-refractivity contribution in [2.45, 2.75) is 39.2 Å². The first-order valence-electron chi connectivity index (χ1n) is 9.44. The fraction of sp³-hybridized carbons (Fsp3) is 0.286. The lowest BCUT2D eigenvalue weighted by Crippen LogP contribution is -2.14. The molecular formula is C21H23N3O5. The Bertz CT molecular complexity index is 988. The summed E-state index contributed by atoms with van der Waals surface area (Å²) in [5.41, 5.74) is 1.77. The van der Waals surface area contributed by atoms with Gasteiger partial charge in [0.15, 0.2) is 0 Å². The van der Waals surface area contributed by atoms with E-state index in [1.54, 1.807) is 41.1 Å². The number of aromatic hydroxyl groups is 1. The van der Waals surface area contributed by atoms with Gasteiger partial charge in [0.05, 0.1) is 5.69 Å². The molecule has 2 aromatic heterocycles. The molecule has 0 bridgehead atoms. The molecule has 0 spiro atoms. The van der Waals surface area contributed by atoms with Crippen LogP contribution in [0.15, 0.2) is 47.2 Å². The van der Waals surface area contributed by atoms with Crippen molar-refractivity contribution in [3.05, 3.63) is 54.0 Å². The van der Waals surface area contributed by atoms with Crippen LogP contribution >= 0.6 is 0 Å². The predicted molar refractivity (Wildman–Crippen MR) is 107 cm³/mol. The van der Waals surface area contributed by atoms with Crippen LogP contribution in [-0.2, 0) is 17.8 Å². The average molecular weight is 397 g/mol. The van der Waals surface area contributed by atoms with Gasteiger partial charge in [-0.05, 0) is 30.7 Å². The van der Waals surface area contributed by atoms with E-state index in [9.17, 15) is 19.8 Å². The standard InChI is InChI=1S/C21H23N3O5/c1-2-3-10-24-12-17(21(27)28)19(13-24)22-20(26)9-8-16-11-18(23-29-16)14-4-6-15(25)7-5-14/h4-7,11-13,25H,2-3,8-10H2,1H3,(H,22,26)(H,27,28). The minimum absolute atomic E-state index is 0.0729. The number of carboxylic acids is 1. The second-order valence-corrected chi connectivity index (χ2v) is 6.76. The Hall–Kier alpha value is -3.55. The van der Waals surface area contributed by atoms with Gasteiger partial charge in [-0.1, -0.05) is 18.5 Å². The van der Waals surface area contributed by atoms with Crippen molar-refractivity contribution in [2.24, 2.45) is 0 Å². The summed E-state index contributed by atoms with van der Waals surface area (Å²) in [5.74, 6) is -0.673. The smallest absolute Gasteiger partial charge is 0.339 e. The second-order valence-electron chi connectivity index (χ2n) is 6.76. The third-order valence-electron chi connectivity index (χ3n) is 4.47. The van der Waals surface area contributed by atoms with E-state index < -0.39 is 5.97 Å². The molecule has 152 valence electrons. The molecule has 0 aliphatic rings.